The molecule has 2 rings (SSSR count). The number of carbonyl (C=O) groups is 2. The molecule has 1 atom stereocenters. The van der Waals surface area contributed by atoms with E-state index in [1.54, 1.807) is 22.3 Å². The predicted molar refractivity (Wildman–Crippen MR) is 74.7 cm³/mol. The Labute approximate surface area is 116 Å². The van der Waals surface area contributed by atoms with Crippen LogP contribution in [0.2, 0.25) is 0 Å². The van der Waals surface area contributed by atoms with Crippen LogP contribution in [0.5, 0.6) is 0 Å². The lowest BCUT2D eigenvalue weighted by molar-refractivity contribution is -0.140. The molecule has 1 N–H and O–H groups in total. The number of aryl methyl sites for hydroxylation is 1. The van der Waals surface area contributed by atoms with Gasteiger partial charge >= 0.3 is 0 Å². The zero-order chi connectivity index (χ0) is 13.8. The largest absolute Gasteiger partial charge is 0.353 e. The maximum atomic E-state index is 12.1. The topological polar surface area (TPSA) is 62.3 Å². The Morgan fingerprint density at radius 2 is 2.47 bits per heavy atom. The Hall–Kier alpha value is -1.69. The molecule has 1 unspecified atom stereocenters. The number of hydrogen-bond donors (Lipinski definition) is 1. The van der Waals surface area contributed by atoms with Gasteiger partial charge in [0.15, 0.2) is 0 Å². The van der Waals surface area contributed by atoms with E-state index in [1.807, 2.05) is 19.2 Å². The highest BCUT2D eigenvalue weighted by molar-refractivity contribution is 7.09. The molecule has 1 aliphatic heterocycles. The zero-order valence-electron chi connectivity index (χ0n) is 11.0. The van der Waals surface area contributed by atoms with Crippen LogP contribution in [0.1, 0.15) is 24.0 Å². The van der Waals surface area contributed by atoms with Crippen molar-refractivity contribution in [2.75, 3.05) is 13.1 Å². The lowest BCUT2D eigenvalue weighted by Gasteiger charge is -2.33. The molecule has 5 nitrogen and oxygen atoms in total. The molecule has 0 radical (unpaired) electrons. The predicted octanol–water partition coefficient (Wildman–Crippen LogP) is 1.20. The van der Waals surface area contributed by atoms with Crippen molar-refractivity contribution in [1.29, 1.82) is 0 Å². The molecule has 19 heavy (non-hydrogen) atoms. The third-order valence-corrected chi connectivity index (χ3v) is 3.83. The first-order valence-electron chi connectivity index (χ1n) is 6.30. The number of amides is 2. The molecule has 0 bridgehead atoms. The Morgan fingerprint density at radius 1 is 1.68 bits per heavy atom. The van der Waals surface area contributed by atoms with E-state index in [-0.39, 0.29) is 17.9 Å². The highest BCUT2D eigenvalue weighted by Crippen LogP contribution is 2.12. The van der Waals surface area contributed by atoms with Gasteiger partial charge in [0.05, 0.1) is 10.7 Å². The minimum atomic E-state index is -0.358. The molecule has 1 fully saturated rings. The number of rotatable bonds is 3. The Bertz CT molecular complexity index is 510. The Balaban J connectivity index is 2.06. The summed E-state index contributed by atoms with van der Waals surface area (Å²) in [5.74, 6) is -0.202. The number of piperazine rings is 1. The van der Waals surface area contributed by atoms with E-state index in [0.29, 0.717) is 19.5 Å². The third-order valence-electron chi connectivity index (χ3n) is 3.03. The van der Waals surface area contributed by atoms with Gasteiger partial charge < -0.3 is 10.2 Å². The first kappa shape index (κ1) is 13.7. The zero-order valence-corrected chi connectivity index (χ0v) is 11.9. The molecule has 0 aromatic carbocycles. The van der Waals surface area contributed by atoms with Crippen molar-refractivity contribution < 1.29 is 9.59 Å². The monoisotopic (exact) mass is 279 g/mol. The van der Waals surface area contributed by atoms with Gasteiger partial charge in [-0.25, -0.2) is 4.98 Å². The van der Waals surface area contributed by atoms with Crippen LogP contribution in [0.4, 0.5) is 0 Å². The van der Waals surface area contributed by atoms with E-state index < -0.39 is 0 Å². The molecule has 1 aromatic rings. The van der Waals surface area contributed by atoms with E-state index in [4.69, 9.17) is 0 Å². The number of carbonyl (C=O) groups excluding carboxylic acids is 2. The van der Waals surface area contributed by atoms with Gasteiger partial charge in [-0.1, -0.05) is 6.92 Å². The van der Waals surface area contributed by atoms with E-state index in [0.717, 1.165) is 10.7 Å². The first-order chi connectivity index (χ1) is 9.11. The summed E-state index contributed by atoms with van der Waals surface area (Å²) in [4.78, 5) is 29.7. The van der Waals surface area contributed by atoms with Crippen LogP contribution in [0, 0.1) is 6.92 Å². The van der Waals surface area contributed by atoms with Gasteiger partial charge in [-0.15, -0.1) is 11.3 Å². The quantitative estimate of drug-likeness (QED) is 0.846. The number of nitrogens with one attached hydrogen (secondary N) is 1. The molecule has 1 aromatic heterocycles. The van der Waals surface area contributed by atoms with Crippen LogP contribution < -0.4 is 5.32 Å². The third kappa shape index (κ3) is 3.20. The Morgan fingerprint density at radius 3 is 3.11 bits per heavy atom. The van der Waals surface area contributed by atoms with Gasteiger partial charge in [0.1, 0.15) is 6.04 Å². The number of hydrogen-bond acceptors (Lipinski definition) is 4. The molecule has 1 saturated heterocycles. The van der Waals surface area contributed by atoms with Crippen molar-refractivity contribution in [2.24, 2.45) is 0 Å². The maximum absolute atomic E-state index is 12.1. The fraction of sp³-hybridized carbons (Fsp3) is 0.462. The van der Waals surface area contributed by atoms with Crippen LogP contribution in [-0.2, 0) is 9.59 Å². The highest BCUT2D eigenvalue weighted by atomic mass is 32.1. The summed E-state index contributed by atoms with van der Waals surface area (Å²) in [6.07, 6.45) is 3.82. The second kappa shape index (κ2) is 5.97. The van der Waals surface area contributed by atoms with Crippen molar-refractivity contribution in [3.63, 3.8) is 0 Å². The van der Waals surface area contributed by atoms with Crippen LogP contribution in [-0.4, -0.2) is 40.8 Å². The first-order valence-corrected chi connectivity index (χ1v) is 7.18. The molecular formula is C13H17N3O2S. The van der Waals surface area contributed by atoms with Gasteiger partial charge in [-0.05, 0) is 19.4 Å². The minimum absolute atomic E-state index is 0.0694. The SMILES string of the molecule is CCC1C(=O)NCCN1C(=O)C=Cc1csc(C)n1. The van der Waals surface area contributed by atoms with E-state index in [1.165, 1.54) is 6.08 Å². The van der Waals surface area contributed by atoms with E-state index in [2.05, 4.69) is 10.3 Å². The maximum Gasteiger partial charge on any atom is 0.247 e. The fourth-order valence-electron chi connectivity index (χ4n) is 2.09. The number of thiazole rings is 1. The van der Waals surface area contributed by atoms with Gasteiger partial charge in [0.25, 0.3) is 0 Å². The minimum Gasteiger partial charge on any atom is -0.353 e. The standard InChI is InChI=1S/C13H17N3O2S/c1-3-11-13(18)14-6-7-16(11)12(17)5-4-10-8-19-9(2)15-10/h4-5,8,11H,3,6-7H2,1-2H3,(H,14,18). The van der Waals surface area contributed by atoms with Crippen molar-refractivity contribution >= 4 is 29.2 Å². The molecule has 0 spiro atoms. The molecule has 0 aliphatic carbocycles. The van der Waals surface area contributed by atoms with Gasteiger partial charge in [0.2, 0.25) is 11.8 Å². The summed E-state index contributed by atoms with van der Waals surface area (Å²) in [6, 6.07) is -0.358. The second-order valence-corrected chi connectivity index (χ2v) is 5.43. The van der Waals surface area contributed by atoms with Gasteiger partial charge in [-0.3, -0.25) is 9.59 Å². The van der Waals surface area contributed by atoms with Crippen LogP contribution in [0.3, 0.4) is 0 Å². The van der Waals surface area contributed by atoms with E-state index in [9.17, 15) is 9.59 Å². The van der Waals surface area contributed by atoms with Crippen molar-refractivity contribution in [3.8, 4) is 0 Å². The summed E-state index contributed by atoms with van der Waals surface area (Å²) in [5, 5.41) is 5.65. The van der Waals surface area contributed by atoms with E-state index >= 15 is 0 Å². The number of nitrogens with zero attached hydrogens (tertiary/aromatic N) is 2. The fourth-order valence-corrected chi connectivity index (χ4v) is 2.67. The van der Waals surface area contributed by atoms with Crippen LogP contribution in [0.15, 0.2) is 11.5 Å². The summed E-state index contributed by atoms with van der Waals surface area (Å²) < 4.78 is 0. The molecule has 2 heterocycles. The summed E-state index contributed by atoms with van der Waals surface area (Å²) >= 11 is 1.55. The van der Waals surface area contributed by atoms with Gasteiger partial charge in [0, 0.05) is 24.5 Å². The van der Waals surface area contributed by atoms with Gasteiger partial charge in [-0.2, -0.15) is 0 Å². The number of aromatic nitrogens is 1. The molecule has 102 valence electrons. The molecular weight excluding hydrogens is 262 g/mol. The Kier molecular flexibility index (Phi) is 4.31. The van der Waals surface area contributed by atoms with Crippen LogP contribution >= 0.6 is 11.3 Å². The lowest BCUT2D eigenvalue weighted by Crippen LogP contribution is -2.56. The highest BCUT2D eigenvalue weighted by Gasteiger charge is 2.30. The van der Waals surface area contributed by atoms with Crippen molar-refractivity contribution in [1.82, 2.24) is 15.2 Å². The van der Waals surface area contributed by atoms with Crippen molar-refractivity contribution in [2.45, 2.75) is 26.3 Å². The molecule has 2 amide bonds. The smallest absolute Gasteiger partial charge is 0.247 e. The normalized spacial score (nSPS) is 19.8. The average molecular weight is 279 g/mol. The summed E-state index contributed by atoms with van der Waals surface area (Å²) in [7, 11) is 0. The molecule has 1 aliphatic rings. The van der Waals surface area contributed by atoms with Crippen molar-refractivity contribution in [3.05, 3.63) is 22.2 Å². The van der Waals surface area contributed by atoms with Crippen LogP contribution in [0.25, 0.3) is 6.08 Å². The average Bonchev–Trinajstić information content (AvgIpc) is 2.81. The summed E-state index contributed by atoms with van der Waals surface area (Å²) in [5.41, 5.74) is 0.783. The molecule has 6 heteroatoms. The second-order valence-electron chi connectivity index (χ2n) is 4.37. The lowest BCUT2D eigenvalue weighted by atomic mass is 10.1. The molecule has 0 saturated carbocycles. The summed E-state index contributed by atoms with van der Waals surface area (Å²) in [6.45, 7) is 4.91.